The standard InChI is InChI=1S/C16H13N3O3/c1-21-16-6-11(9-20)15(8-18-16)22-10-12-7-17-13-4-2-3-5-14(13)19-12/h2-9H,10H2,1H3. The van der Waals surface area contributed by atoms with Crippen molar-refractivity contribution < 1.29 is 14.3 Å². The average molecular weight is 295 g/mol. The summed E-state index contributed by atoms with van der Waals surface area (Å²) in [6.45, 7) is 0.201. The second-order valence-electron chi connectivity index (χ2n) is 4.52. The molecular weight excluding hydrogens is 282 g/mol. The van der Waals surface area contributed by atoms with Crippen molar-refractivity contribution in [2.24, 2.45) is 0 Å². The van der Waals surface area contributed by atoms with E-state index in [-0.39, 0.29) is 6.61 Å². The smallest absolute Gasteiger partial charge is 0.213 e. The van der Waals surface area contributed by atoms with E-state index in [0.717, 1.165) is 11.0 Å². The molecule has 3 aromatic rings. The number of pyridine rings is 1. The predicted octanol–water partition coefficient (Wildman–Crippen LogP) is 2.42. The largest absolute Gasteiger partial charge is 0.485 e. The number of aldehydes is 1. The molecule has 22 heavy (non-hydrogen) atoms. The number of ether oxygens (including phenoxy) is 2. The summed E-state index contributed by atoms with van der Waals surface area (Å²) in [4.78, 5) is 23.9. The maximum Gasteiger partial charge on any atom is 0.213 e. The second-order valence-corrected chi connectivity index (χ2v) is 4.52. The summed E-state index contributed by atoms with van der Waals surface area (Å²) in [5.74, 6) is 0.741. The monoisotopic (exact) mass is 295 g/mol. The lowest BCUT2D eigenvalue weighted by molar-refractivity contribution is 0.111. The molecule has 2 aromatic heterocycles. The predicted molar refractivity (Wildman–Crippen MR) is 80.0 cm³/mol. The van der Waals surface area contributed by atoms with Crippen molar-refractivity contribution in [3.05, 3.63) is 54.0 Å². The van der Waals surface area contributed by atoms with E-state index >= 15 is 0 Å². The Hall–Kier alpha value is -3.02. The quantitative estimate of drug-likeness (QED) is 0.673. The third-order valence-corrected chi connectivity index (χ3v) is 3.08. The minimum absolute atomic E-state index is 0.201. The summed E-state index contributed by atoms with van der Waals surface area (Å²) < 4.78 is 10.6. The highest BCUT2D eigenvalue weighted by Gasteiger charge is 2.07. The first-order chi connectivity index (χ1) is 10.8. The summed E-state index contributed by atoms with van der Waals surface area (Å²) in [7, 11) is 1.49. The lowest BCUT2D eigenvalue weighted by Crippen LogP contribution is -2.02. The third kappa shape index (κ3) is 2.85. The Morgan fingerprint density at radius 3 is 2.73 bits per heavy atom. The molecule has 0 saturated carbocycles. The van der Waals surface area contributed by atoms with E-state index in [9.17, 15) is 4.79 Å². The maximum absolute atomic E-state index is 11.1. The molecule has 0 bridgehead atoms. The van der Waals surface area contributed by atoms with Gasteiger partial charge in [-0.1, -0.05) is 12.1 Å². The molecule has 0 aliphatic heterocycles. The normalized spacial score (nSPS) is 10.4. The van der Waals surface area contributed by atoms with Crippen LogP contribution in [0.25, 0.3) is 11.0 Å². The lowest BCUT2D eigenvalue weighted by Gasteiger charge is -2.09. The number of methoxy groups -OCH3 is 1. The van der Waals surface area contributed by atoms with Gasteiger partial charge in [-0.3, -0.25) is 9.78 Å². The highest BCUT2D eigenvalue weighted by atomic mass is 16.5. The number of fused-ring (bicyclic) bond motifs is 1. The molecule has 1 aromatic carbocycles. The van der Waals surface area contributed by atoms with Gasteiger partial charge in [-0.15, -0.1) is 0 Å². The molecule has 0 N–H and O–H groups in total. The van der Waals surface area contributed by atoms with Crippen LogP contribution in [-0.2, 0) is 6.61 Å². The van der Waals surface area contributed by atoms with Crippen molar-refractivity contribution >= 4 is 17.3 Å². The van der Waals surface area contributed by atoms with Gasteiger partial charge in [-0.25, -0.2) is 9.97 Å². The van der Waals surface area contributed by atoms with Gasteiger partial charge in [0.2, 0.25) is 5.88 Å². The second kappa shape index (κ2) is 6.17. The number of hydrogen-bond acceptors (Lipinski definition) is 6. The highest BCUT2D eigenvalue weighted by Crippen LogP contribution is 2.20. The van der Waals surface area contributed by atoms with Crippen LogP contribution in [0.2, 0.25) is 0 Å². The fourth-order valence-corrected chi connectivity index (χ4v) is 1.98. The average Bonchev–Trinajstić information content (AvgIpc) is 2.59. The number of carbonyl (C=O) groups excluding carboxylic acids is 1. The molecule has 0 unspecified atom stereocenters. The first-order valence-corrected chi connectivity index (χ1v) is 6.63. The lowest BCUT2D eigenvalue weighted by atomic mass is 10.2. The third-order valence-electron chi connectivity index (χ3n) is 3.08. The van der Waals surface area contributed by atoms with Crippen molar-refractivity contribution in [3.8, 4) is 11.6 Å². The Morgan fingerprint density at radius 1 is 1.14 bits per heavy atom. The van der Waals surface area contributed by atoms with E-state index in [1.807, 2.05) is 24.3 Å². The van der Waals surface area contributed by atoms with E-state index in [0.29, 0.717) is 29.2 Å². The van der Waals surface area contributed by atoms with E-state index in [1.54, 1.807) is 6.20 Å². The van der Waals surface area contributed by atoms with E-state index in [4.69, 9.17) is 9.47 Å². The number of nitrogens with zero attached hydrogens (tertiary/aromatic N) is 3. The first kappa shape index (κ1) is 13.9. The zero-order valence-electron chi connectivity index (χ0n) is 11.9. The Kier molecular flexibility index (Phi) is 3.91. The Balaban J connectivity index is 1.80. The van der Waals surface area contributed by atoms with Crippen molar-refractivity contribution in [1.82, 2.24) is 15.0 Å². The summed E-state index contributed by atoms with van der Waals surface area (Å²) in [6.07, 6.45) is 3.81. The van der Waals surface area contributed by atoms with Gasteiger partial charge in [0.05, 0.1) is 41.8 Å². The first-order valence-electron chi connectivity index (χ1n) is 6.63. The molecule has 0 atom stereocenters. The van der Waals surface area contributed by atoms with Crippen LogP contribution < -0.4 is 9.47 Å². The molecule has 0 aliphatic rings. The molecule has 0 radical (unpaired) electrons. The van der Waals surface area contributed by atoms with E-state index in [1.165, 1.54) is 19.4 Å². The van der Waals surface area contributed by atoms with Crippen LogP contribution in [0, 0.1) is 0 Å². The van der Waals surface area contributed by atoms with Crippen LogP contribution in [0.5, 0.6) is 11.6 Å². The summed E-state index contributed by atoms with van der Waals surface area (Å²) in [6, 6.07) is 9.11. The SMILES string of the molecule is COc1cc(C=O)c(OCc2cnc3ccccc3n2)cn1. The molecule has 2 heterocycles. The van der Waals surface area contributed by atoms with Gasteiger partial charge < -0.3 is 9.47 Å². The van der Waals surface area contributed by atoms with Crippen LogP contribution in [0.1, 0.15) is 16.1 Å². The Bertz CT molecular complexity index is 821. The molecule has 110 valence electrons. The molecule has 0 aliphatic carbocycles. The van der Waals surface area contributed by atoms with E-state index in [2.05, 4.69) is 15.0 Å². The number of rotatable bonds is 5. The van der Waals surface area contributed by atoms with Crippen LogP contribution in [0.3, 0.4) is 0 Å². The number of benzene rings is 1. The molecule has 6 nitrogen and oxygen atoms in total. The molecule has 6 heteroatoms. The van der Waals surface area contributed by atoms with Crippen LogP contribution in [0.4, 0.5) is 0 Å². The minimum atomic E-state index is 0.201. The van der Waals surface area contributed by atoms with Crippen molar-refractivity contribution in [1.29, 1.82) is 0 Å². The summed E-state index contributed by atoms with van der Waals surface area (Å²) in [5, 5.41) is 0. The van der Waals surface area contributed by atoms with Crippen LogP contribution >= 0.6 is 0 Å². The van der Waals surface area contributed by atoms with Crippen molar-refractivity contribution in [2.45, 2.75) is 6.61 Å². The molecule has 3 rings (SSSR count). The summed E-state index contributed by atoms with van der Waals surface area (Å²) >= 11 is 0. The zero-order chi connectivity index (χ0) is 15.4. The summed E-state index contributed by atoms with van der Waals surface area (Å²) in [5.41, 5.74) is 2.67. The number of carbonyl (C=O) groups is 1. The molecule has 0 fully saturated rings. The molecule has 0 spiro atoms. The topological polar surface area (TPSA) is 74.2 Å². The van der Waals surface area contributed by atoms with Gasteiger partial charge in [0.15, 0.2) is 6.29 Å². The van der Waals surface area contributed by atoms with Crippen molar-refractivity contribution in [2.75, 3.05) is 7.11 Å². The van der Waals surface area contributed by atoms with Gasteiger partial charge in [-0.2, -0.15) is 0 Å². The van der Waals surface area contributed by atoms with Gasteiger partial charge >= 0.3 is 0 Å². The van der Waals surface area contributed by atoms with Gasteiger partial charge in [0, 0.05) is 6.07 Å². The van der Waals surface area contributed by atoms with Crippen molar-refractivity contribution in [3.63, 3.8) is 0 Å². The van der Waals surface area contributed by atoms with Gasteiger partial charge in [0.25, 0.3) is 0 Å². The Labute approximate surface area is 126 Å². The highest BCUT2D eigenvalue weighted by molar-refractivity contribution is 5.79. The number of aromatic nitrogens is 3. The molecular formula is C16H13N3O3. The maximum atomic E-state index is 11.1. The van der Waals surface area contributed by atoms with Gasteiger partial charge in [0.1, 0.15) is 12.4 Å². The number of hydrogen-bond donors (Lipinski definition) is 0. The van der Waals surface area contributed by atoms with Crippen LogP contribution in [-0.4, -0.2) is 28.3 Å². The minimum Gasteiger partial charge on any atom is -0.485 e. The fourth-order valence-electron chi connectivity index (χ4n) is 1.98. The zero-order valence-corrected chi connectivity index (χ0v) is 11.9. The Morgan fingerprint density at radius 2 is 1.95 bits per heavy atom. The van der Waals surface area contributed by atoms with Gasteiger partial charge in [-0.05, 0) is 12.1 Å². The number of para-hydroxylation sites is 2. The van der Waals surface area contributed by atoms with Crippen LogP contribution in [0.15, 0.2) is 42.7 Å². The van der Waals surface area contributed by atoms with E-state index < -0.39 is 0 Å². The fraction of sp³-hybridized carbons (Fsp3) is 0.125. The molecule has 0 saturated heterocycles. The molecule has 0 amide bonds.